The van der Waals surface area contributed by atoms with Crippen molar-refractivity contribution in [2.75, 3.05) is 5.32 Å². The summed E-state index contributed by atoms with van der Waals surface area (Å²) in [4.78, 5) is 33.0. The smallest absolute Gasteiger partial charge is 0.257 e. The molecule has 2 amide bonds. The van der Waals surface area contributed by atoms with E-state index in [9.17, 15) is 9.59 Å². The van der Waals surface area contributed by atoms with Crippen LogP contribution in [-0.4, -0.2) is 26.3 Å². The maximum Gasteiger partial charge on any atom is 0.257 e. The predicted molar refractivity (Wildman–Crippen MR) is 131 cm³/mol. The molecule has 5 rings (SSSR count). The van der Waals surface area contributed by atoms with Crippen molar-refractivity contribution in [3.05, 3.63) is 83.2 Å². The van der Waals surface area contributed by atoms with Gasteiger partial charge in [-0.1, -0.05) is 18.2 Å². The third-order valence-electron chi connectivity index (χ3n) is 5.25. The Morgan fingerprint density at radius 1 is 1.06 bits per heavy atom. The van der Waals surface area contributed by atoms with Crippen LogP contribution in [0, 0.1) is 6.92 Å². The molecule has 0 fully saturated rings. The lowest BCUT2D eigenvalue weighted by Gasteiger charge is -2.07. The first-order chi connectivity index (χ1) is 16.5. The molecule has 2 aromatic carbocycles. The van der Waals surface area contributed by atoms with Gasteiger partial charge in [-0.25, -0.2) is 9.97 Å². The van der Waals surface area contributed by atoms with Crippen LogP contribution in [0.1, 0.15) is 28.9 Å². The first-order valence-corrected chi connectivity index (χ1v) is 11.5. The Bertz CT molecular complexity index is 1500. The third-order valence-corrected chi connectivity index (χ3v) is 6.01. The van der Waals surface area contributed by atoms with E-state index >= 15 is 0 Å². The molecule has 0 unspecified atom stereocenters. The maximum absolute atomic E-state index is 12.9. The summed E-state index contributed by atoms with van der Waals surface area (Å²) in [6.45, 7) is 3.71. The number of imidazole rings is 1. The van der Waals surface area contributed by atoms with Gasteiger partial charge in [0.25, 0.3) is 5.91 Å². The molecule has 0 atom stereocenters. The van der Waals surface area contributed by atoms with Crippen LogP contribution in [0.3, 0.4) is 0 Å². The molecular weight excluding hydrogens is 450 g/mol. The number of furan rings is 1. The molecule has 0 spiro atoms. The van der Waals surface area contributed by atoms with Gasteiger partial charge in [0, 0.05) is 23.6 Å². The summed E-state index contributed by atoms with van der Waals surface area (Å²) in [6.07, 6.45) is 0. The fraction of sp³-hybridized carbons (Fsp3) is 0.120. The standard InChI is InChI=1S/C25H21N5O3S/c1-15-27-20-12-17(8-10-22(20)30(15)18-6-4-3-5-7-18)24(32)29-25-28-21(14-34-25)23-11-9-19(33-23)13-26-16(2)31/h3-12,14H,13H2,1-2H3,(H,26,31)(H,28,29,32). The summed E-state index contributed by atoms with van der Waals surface area (Å²) < 4.78 is 7.79. The summed E-state index contributed by atoms with van der Waals surface area (Å²) in [7, 11) is 0. The van der Waals surface area contributed by atoms with Crippen molar-refractivity contribution >= 4 is 39.3 Å². The van der Waals surface area contributed by atoms with Gasteiger partial charge in [-0.15, -0.1) is 11.3 Å². The fourth-order valence-corrected chi connectivity index (χ4v) is 4.38. The number of anilines is 1. The van der Waals surface area contributed by atoms with E-state index in [1.54, 1.807) is 24.3 Å². The zero-order valence-corrected chi connectivity index (χ0v) is 19.3. The summed E-state index contributed by atoms with van der Waals surface area (Å²) >= 11 is 1.31. The second-order valence-corrected chi connectivity index (χ2v) is 8.56. The van der Waals surface area contributed by atoms with Crippen molar-refractivity contribution in [3.63, 3.8) is 0 Å². The van der Waals surface area contributed by atoms with Crippen LogP contribution in [0.5, 0.6) is 0 Å². The highest BCUT2D eigenvalue weighted by Gasteiger charge is 2.15. The van der Waals surface area contributed by atoms with Gasteiger partial charge in [-0.3, -0.25) is 19.5 Å². The quantitative estimate of drug-likeness (QED) is 0.365. The van der Waals surface area contributed by atoms with Crippen LogP contribution in [0.25, 0.3) is 28.2 Å². The molecule has 8 nitrogen and oxygen atoms in total. The minimum Gasteiger partial charge on any atom is -0.458 e. The van der Waals surface area contributed by atoms with E-state index in [-0.39, 0.29) is 11.8 Å². The Morgan fingerprint density at radius 3 is 2.68 bits per heavy atom. The number of amides is 2. The predicted octanol–water partition coefficient (Wildman–Crippen LogP) is 4.94. The highest BCUT2D eigenvalue weighted by atomic mass is 32.1. The SMILES string of the molecule is CC(=O)NCc1ccc(-c2csc(NC(=O)c3ccc4c(c3)nc(C)n4-c3ccccc3)n2)o1. The molecule has 9 heteroatoms. The first kappa shape index (κ1) is 21.6. The first-order valence-electron chi connectivity index (χ1n) is 10.6. The van der Waals surface area contributed by atoms with Crippen LogP contribution in [0.4, 0.5) is 5.13 Å². The zero-order chi connectivity index (χ0) is 23.7. The molecule has 0 saturated carbocycles. The number of thiazole rings is 1. The Kier molecular flexibility index (Phi) is 5.69. The van der Waals surface area contributed by atoms with Gasteiger partial charge < -0.3 is 9.73 Å². The number of carbonyl (C=O) groups is 2. The number of nitrogens with one attached hydrogen (secondary N) is 2. The molecule has 170 valence electrons. The highest BCUT2D eigenvalue weighted by molar-refractivity contribution is 7.14. The van der Waals surface area contributed by atoms with E-state index in [4.69, 9.17) is 4.42 Å². The Labute approximate surface area is 199 Å². The van der Waals surface area contributed by atoms with Crippen LogP contribution in [0.15, 0.2) is 70.5 Å². The lowest BCUT2D eigenvalue weighted by molar-refractivity contribution is -0.119. The minimum atomic E-state index is -0.263. The summed E-state index contributed by atoms with van der Waals surface area (Å²) in [6, 6.07) is 19.0. The molecule has 0 radical (unpaired) electrons. The van der Waals surface area contributed by atoms with E-state index in [1.807, 2.05) is 48.7 Å². The minimum absolute atomic E-state index is 0.128. The lowest BCUT2D eigenvalue weighted by atomic mass is 10.2. The van der Waals surface area contributed by atoms with Gasteiger partial charge in [0.15, 0.2) is 10.9 Å². The number of benzene rings is 2. The Balaban J connectivity index is 1.33. The summed E-state index contributed by atoms with van der Waals surface area (Å²) in [5.74, 6) is 1.65. The maximum atomic E-state index is 12.9. The monoisotopic (exact) mass is 471 g/mol. The fourth-order valence-electron chi connectivity index (χ4n) is 3.68. The Hall–Kier alpha value is -4.24. The van der Waals surface area contributed by atoms with Crippen molar-refractivity contribution < 1.29 is 14.0 Å². The van der Waals surface area contributed by atoms with E-state index in [1.165, 1.54) is 18.3 Å². The molecule has 0 aliphatic carbocycles. The average Bonchev–Trinajstić information content (AvgIpc) is 3.55. The van der Waals surface area contributed by atoms with Crippen LogP contribution >= 0.6 is 11.3 Å². The molecule has 0 aliphatic heterocycles. The van der Waals surface area contributed by atoms with E-state index in [2.05, 4.69) is 25.2 Å². The topological polar surface area (TPSA) is 102 Å². The third kappa shape index (κ3) is 4.33. The molecule has 3 aromatic heterocycles. The van der Waals surface area contributed by atoms with Gasteiger partial charge in [0.2, 0.25) is 5.91 Å². The van der Waals surface area contributed by atoms with E-state index in [0.29, 0.717) is 34.5 Å². The molecule has 0 saturated heterocycles. The average molecular weight is 472 g/mol. The van der Waals surface area contributed by atoms with Crippen molar-refractivity contribution in [2.45, 2.75) is 20.4 Å². The number of hydrogen-bond acceptors (Lipinski definition) is 6. The Morgan fingerprint density at radius 2 is 1.88 bits per heavy atom. The van der Waals surface area contributed by atoms with E-state index < -0.39 is 0 Å². The van der Waals surface area contributed by atoms with Gasteiger partial charge in [0.1, 0.15) is 17.3 Å². The molecule has 0 bridgehead atoms. The number of carbonyl (C=O) groups excluding carboxylic acids is 2. The number of fused-ring (bicyclic) bond motifs is 1. The number of aryl methyl sites for hydroxylation is 1. The second-order valence-electron chi connectivity index (χ2n) is 7.70. The highest BCUT2D eigenvalue weighted by Crippen LogP contribution is 2.27. The number of nitrogens with zero attached hydrogens (tertiary/aromatic N) is 3. The normalized spacial score (nSPS) is 11.0. The van der Waals surface area contributed by atoms with Gasteiger partial charge >= 0.3 is 0 Å². The second kappa shape index (κ2) is 8.95. The van der Waals surface area contributed by atoms with Gasteiger partial charge in [0.05, 0.1) is 17.6 Å². The molecular formula is C25H21N5O3S. The van der Waals surface area contributed by atoms with Crippen LogP contribution < -0.4 is 10.6 Å². The number of aromatic nitrogens is 3. The van der Waals surface area contributed by atoms with Crippen LogP contribution in [0.2, 0.25) is 0 Å². The summed E-state index contributed by atoms with van der Waals surface area (Å²) in [5.41, 5.74) is 3.81. The lowest BCUT2D eigenvalue weighted by Crippen LogP contribution is -2.18. The van der Waals surface area contributed by atoms with Crippen molar-refractivity contribution in [1.82, 2.24) is 19.9 Å². The number of hydrogen-bond donors (Lipinski definition) is 2. The molecule has 0 aliphatic rings. The molecule has 3 heterocycles. The van der Waals surface area contributed by atoms with Gasteiger partial charge in [-0.2, -0.15) is 0 Å². The molecule has 34 heavy (non-hydrogen) atoms. The molecule has 5 aromatic rings. The van der Waals surface area contributed by atoms with E-state index in [0.717, 1.165) is 22.5 Å². The number of rotatable bonds is 6. The largest absolute Gasteiger partial charge is 0.458 e. The number of para-hydroxylation sites is 1. The summed E-state index contributed by atoms with van der Waals surface area (Å²) in [5, 5.41) is 7.81. The van der Waals surface area contributed by atoms with Crippen LogP contribution in [-0.2, 0) is 11.3 Å². The molecule has 2 N–H and O–H groups in total. The van der Waals surface area contributed by atoms with Crippen molar-refractivity contribution in [2.24, 2.45) is 0 Å². The van der Waals surface area contributed by atoms with Crippen molar-refractivity contribution in [1.29, 1.82) is 0 Å². The van der Waals surface area contributed by atoms with Gasteiger partial charge in [-0.05, 0) is 49.4 Å². The van der Waals surface area contributed by atoms with Crippen molar-refractivity contribution in [3.8, 4) is 17.1 Å². The zero-order valence-electron chi connectivity index (χ0n) is 18.5.